The number of hydrogen-bond acceptors (Lipinski definition) is 4. The number of nitrogens with one attached hydrogen (secondary N) is 1. The van der Waals surface area contributed by atoms with Gasteiger partial charge in [-0.3, -0.25) is 14.4 Å². The molecule has 7 nitrogen and oxygen atoms in total. The number of para-hydroxylation sites is 1. The molecule has 8 heteroatoms. The Morgan fingerprint density at radius 1 is 1.03 bits per heavy atom. The monoisotopic (exact) mass is 458 g/mol. The molecule has 1 atom stereocenters. The average Bonchev–Trinajstić information content (AvgIpc) is 2.94. The molecule has 172 valence electrons. The van der Waals surface area contributed by atoms with Crippen LogP contribution in [-0.2, 0) is 16.0 Å². The predicted molar refractivity (Wildman–Crippen MR) is 127 cm³/mol. The van der Waals surface area contributed by atoms with E-state index in [-0.39, 0.29) is 24.1 Å². The normalized spacial score (nSPS) is 15.2. The highest BCUT2D eigenvalue weighted by molar-refractivity contribution is 6.20. The fraction of sp³-hybridized carbons (Fsp3) is 0.154. The zero-order valence-electron chi connectivity index (χ0n) is 18.5. The van der Waals surface area contributed by atoms with Crippen LogP contribution in [0.25, 0.3) is 0 Å². The molecule has 0 spiro atoms. The van der Waals surface area contributed by atoms with Gasteiger partial charge in [0, 0.05) is 30.2 Å². The number of fused-ring (bicyclic) bond motifs is 1. The molecule has 34 heavy (non-hydrogen) atoms. The van der Waals surface area contributed by atoms with Crippen LogP contribution in [0.5, 0.6) is 0 Å². The molecule has 0 fully saturated rings. The average molecular weight is 458 g/mol. The topological polar surface area (TPSA) is 105 Å². The molecule has 3 aromatic carbocycles. The van der Waals surface area contributed by atoms with Gasteiger partial charge in [-0.15, -0.1) is 0 Å². The number of amides is 3. The second-order valence-corrected chi connectivity index (χ2v) is 7.93. The summed E-state index contributed by atoms with van der Waals surface area (Å²) < 4.78 is 13.1. The Labute approximate surface area is 196 Å². The molecule has 1 unspecified atom stereocenters. The third kappa shape index (κ3) is 4.85. The summed E-state index contributed by atoms with van der Waals surface area (Å²) >= 11 is 0. The first-order chi connectivity index (χ1) is 16.3. The Balaban J connectivity index is 1.63. The number of likely N-dealkylation sites (N-methyl/N-ethyl adjacent to an activating group) is 1. The number of aliphatic imine (C=N–C) groups is 1. The molecule has 0 saturated carbocycles. The number of nitrogens with two attached hydrogens (primary N) is 1. The van der Waals surface area contributed by atoms with Crippen molar-refractivity contribution in [3.05, 3.63) is 101 Å². The number of halogens is 1. The number of aryl methyl sites for hydroxylation is 1. The zero-order chi connectivity index (χ0) is 24.2. The minimum atomic E-state index is -1.14. The number of primary amides is 1. The molecule has 0 saturated heterocycles. The summed E-state index contributed by atoms with van der Waals surface area (Å²) in [5.41, 5.74) is 9.05. The molecule has 0 bridgehead atoms. The van der Waals surface area contributed by atoms with E-state index in [1.165, 1.54) is 17.0 Å². The lowest BCUT2D eigenvalue weighted by Gasteiger charge is -2.20. The Morgan fingerprint density at radius 2 is 1.71 bits per heavy atom. The van der Waals surface area contributed by atoms with Gasteiger partial charge < -0.3 is 16.0 Å². The van der Waals surface area contributed by atoms with E-state index in [2.05, 4.69) is 10.3 Å². The first-order valence-electron chi connectivity index (χ1n) is 10.7. The number of anilines is 1. The number of rotatable bonds is 6. The highest BCUT2D eigenvalue weighted by Gasteiger charge is 2.30. The van der Waals surface area contributed by atoms with Crippen LogP contribution in [0, 0.1) is 5.82 Å². The van der Waals surface area contributed by atoms with Crippen molar-refractivity contribution in [2.24, 2.45) is 10.7 Å². The second kappa shape index (κ2) is 9.66. The van der Waals surface area contributed by atoms with E-state index in [9.17, 15) is 18.8 Å². The van der Waals surface area contributed by atoms with Gasteiger partial charge in [0.1, 0.15) is 5.82 Å². The minimum Gasteiger partial charge on any atom is -0.366 e. The maximum atomic E-state index is 13.2. The lowest BCUT2D eigenvalue weighted by molar-refractivity contribution is -0.127. The molecule has 1 heterocycles. The van der Waals surface area contributed by atoms with E-state index >= 15 is 0 Å². The van der Waals surface area contributed by atoms with Crippen molar-refractivity contribution in [1.82, 2.24) is 5.32 Å². The first-order valence-corrected chi connectivity index (χ1v) is 10.7. The third-order valence-electron chi connectivity index (χ3n) is 5.64. The highest BCUT2D eigenvalue weighted by atomic mass is 19.1. The number of benzodiazepines with no additional fused rings is 1. The highest BCUT2D eigenvalue weighted by Crippen LogP contribution is 2.27. The van der Waals surface area contributed by atoms with Gasteiger partial charge in [0.05, 0.1) is 11.4 Å². The SMILES string of the molecule is CN1C(=O)C(NC(=O)CCc2ccc(F)cc2)N=C(c2ccc(C(N)=O)cc2)c2ccccc21. The molecule has 3 aromatic rings. The lowest BCUT2D eigenvalue weighted by atomic mass is 9.99. The molecule has 0 aliphatic carbocycles. The van der Waals surface area contributed by atoms with E-state index in [4.69, 9.17) is 5.73 Å². The number of benzene rings is 3. The number of carbonyl (C=O) groups is 3. The van der Waals surface area contributed by atoms with Gasteiger partial charge in [-0.25, -0.2) is 9.38 Å². The predicted octanol–water partition coefficient (Wildman–Crippen LogP) is 2.81. The van der Waals surface area contributed by atoms with Crippen LogP contribution in [0.15, 0.2) is 77.8 Å². The summed E-state index contributed by atoms with van der Waals surface area (Å²) in [6.07, 6.45) is -0.623. The van der Waals surface area contributed by atoms with Gasteiger partial charge in [0.2, 0.25) is 18.0 Å². The van der Waals surface area contributed by atoms with Gasteiger partial charge in [-0.05, 0) is 42.3 Å². The first kappa shape index (κ1) is 22.8. The molecule has 3 N–H and O–H groups in total. The van der Waals surface area contributed by atoms with Crippen LogP contribution in [-0.4, -0.2) is 36.6 Å². The Morgan fingerprint density at radius 3 is 2.38 bits per heavy atom. The number of nitrogens with zero attached hydrogens (tertiary/aromatic N) is 2. The van der Waals surface area contributed by atoms with Crippen molar-refractivity contribution < 1.29 is 18.8 Å². The number of carbonyl (C=O) groups excluding carboxylic acids is 3. The van der Waals surface area contributed by atoms with Crippen molar-refractivity contribution in [2.75, 3.05) is 11.9 Å². The maximum absolute atomic E-state index is 13.2. The quantitative estimate of drug-likeness (QED) is 0.593. The van der Waals surface area contributed by atoms with E-state index in [0.717, 1.165) is 5.56 Å². The van der Waals surface area contributed by atoms with Crippen LogP contribution in [0.1, 0.15) is 33.5 Å². The van der Waals surface area contributed by atoms with Crippen LogP contribution < -0.4 is 16.0 Å². The summed E-state index contributed by atoms with van der Waals surface area (Å²) in [5.74, 6) is -1.62. The van der Waals surface area contributed by atoms with Gasteiger partial charge in [0.15, 0.2) is 0 Å². The minimum absolute atomic E-state index is 0.115. The molecule has 0 radical (unpaired) electrons. The Bertz CT molecular complexity index is 1270. The summed E-state index contributed by atoms with van der Waals surface area (Å²) in [4.78, 5) is 43.4. The summed E-state index contributed by atoms with van der Waals surface area (Å²) in [7, 11) is 1.63. The van der Waals surface area contributed by atoms with Crippen molar-refractivity contribution in [3.63, 3.8) is 0 Å². The molecule has 1 aliphatic heterocycles. The maximum Gasteiger partial charge on any atom is 0.272 e. The van der Waals surface area contributed by atoms with Crippen LogP contribution >= 0.6 is 0 Å². The van der Waals surface area contributed by atoms with Gasteiger partial charge in [0.25, 0.3) is 5.91 Å². The zero-order valence-corrected chi connectivity index (χ0v) is 18.5. The smallest absolute Gasteiger partial charge is 0.272 e. The fourth-order valence-electron chi connectivity index (χ4n) is 3.77. The van der Waals surface area contributed by atoms with Crippen molar-refractivity contribution >= 4 is 29.1 Å². The summed E-state index contributed by atoms with van der Waals surface area (Å²) in [5, 5.41) is 2.72. The molecular formula is C26H23FN4O3. The molecule has 4 rings (SSSR count). The van der Waals surface area contributed by atoms with Crippen LogP contribution in [0.3, 0.4) is 0 Å². The van der Waals surface area contributed by atoms with E-state index < -0.39 is 12.1 Å². The van der Waals surface area contributed by atoms with E-state index in [0.29, 0.717) is 34.5 Å². The van der Waals surface area contributed by atoms with Crippen LogP contribution in [0.4, 0.5) is 10.1 Å². The van der Waals surface area contributed by atoms with E-state index in [1.54, 1.807) is 49.5 Å². The van der Waals surface area contributed by atoms with Gasteiger partial charge in [-0.1, -0.05) is 42.5 Å². The number of hydrogen-bond donors (Lipinski definition) is 2. The molecule has 3 amide bonds. The Hall–Kier alpha value is -4.33. The lowest BCUT2D eigenvalue weighted by Crippen LogP contribution is -2.46. The van der Waals surface area contributed by atoms with Crippen molar-refractivity contribution in [2.45, 2.75) is 19.0 Å². The van der Waals surface area contributed by atoms with Gasteiger partial charge >= 0.3 is 0 Å². The van der Waals surface area contributed by atoms with Gasteiger partial charge in [-0.2, -0.15) is 0 Å². The Kier molecular flexibility index (Phi) is 6.49. The van der Waals surface area contributed by atoms with E-state index in [1.807, 2.05) is 18.2 Å². The summed E-state index contributed by atoms with van der Waals surface area (Å²) in [6, 6.07) is 19.8. The summed E-state index contributed by atoms with van der Waals surface area (Å²) in [6.45, 7) is 0. The fourth-order valence-corrected chi connectivity index (χ4v) is 3.77. The second-order valence-electron chi connectivity index (χ2n) is 7.93. The molecular weight excluding hydrogens is 435 g/mol. The largest absolute Gasteiger partial charge is 0.366 e. The molecule has 1 aliphatic rings. The van der Waals surface area contributed by atoms with Crippen LogP contribution in [0.2, 0.25) is 0 Å². The van der Waals surface area contributed by atoms with Crippen molar-refractivity contribution in [1.29, 1.82) is 0 Å². The standard InChI is InChI=1S/C26H23FN4O3/c1-31-21-5-3-2-4-20(21)23(17-9-11-18(12-10-17)24(28)33)30-25(26(31)34)29-22(32)15-8-16-6-13-19(27)14-7-16/h2-7,9-14,25H,8,15H2,1H3,(H2,28,33)(H,29,32). The molecule has 0 aromatic heterocycles. The third-order valence-corrected chi connectivity index (χ3v) is 5.64. The van der Waals surface area contributed by atoms with Crippen molar-refractivity contribution in [3.8, 4) is 0 Å².